The van der Waals surface area contributed by atoms with Crippen molar-refractivity contribution >= 4 is 17.2 Å². The molecule has 0 N–H and O–H groups in total. The van der Waals surface area contributed by atoms with E-state index in [-0.39, 0.29) is 5.91 Å². The van der Waals surface area contributed by atoms with E-state index in [1.165, 1.54) is 0 Å². The quantitative estimate of drug-likeness (QED) is 0.727. The van der Waals surface area contributed by atoms with Gasteiger partial charge in [0, 0.05) is 42.0 Å². The summed E-state index contributed by atoms with van der Waals surface area (Å²) in [4.78, 5) is 20.4. The van der Waals surface area contributed by atoms with Crippen molar-refractivity contribution in [1.29, 1.82) is 0 Å². The minimum atomic E-state index is 0.0312. The first-order valence-corrected chi connectivity index (χ1v) is 8.53. The standard InChI is InChI=1S/C19H16N2O2S/c1-21(11-13-6-8-20-9-7-13)19(22)17-10-14-12-23-16-5-3-2-4-15(16)18(14)24-17/h2-10H,11-12H2,1H3. The van der Waals surface area contributed by atoms with Gasteiger partial charge in [0.25, 0.3) is 5.91 Å². The number of thiophene rings is 1. The summed E-state index contributed by atoms with van der Waals surface area (Å²) in [6, 6.07) is 13.8. The van der Waals surface area contributed by atoms with Crippen molar-refractivity contribution in [1.82, 2.24) is 9.88 Å². The Hall–Kier alpha value is -2.66. The van der Waals surface area contributed by atoms with Crippen molar-refractivity contribution in [2.24, 2.45) is 0 Å². The van der Waals surface area contributed by atoms with E-state index in [9.17, 15) is 4.79 Å². The summed E-state index contributed by atoms with van der Waals surface area (Å²) in [5.41, 5.74) is 3.22. The highest BCUT2D eigenvalue weighted by molar-refractivity contribution is 7.17. The molecule has 4 rings (SSSR count). The molecular weight excluding hydrogens is 320 g/mol. The zero-order chi connectivity index (χ0) is 16.5. The first-order chi connectivity index (χ1) is 11.7. The molecular formula is C19H16N2O2S. The highest BCUT2D eigenvalue weighted by atomic mass is 32.1. The van der Waals surface area contributed by atoms with Crippen molar-refractivity contribution in [3.05, 3.63) is 70.9 Å². The van der Waals surface area contributed by atoms with E-state index in [0.29, 0.717) is 13.2 Å². The van der Waals surface area contributed by atoms with Crippen molar-refractivity contribution in [3.8, 4) is 16.2 Å². The van der Waals surface area contributed by atoms with Crippen LogP contribution in [0.2, 0.25) is 0 Å². The zero-order valence-electron chi connectivity index (χ0n) is 13.2. The first-order valence-electron chi connectivity index (χ1n) is 7.71. The van der Waals surface area contributed by atoms with E-state index in [1.807, 2.05) is 49.5 Å². The van der Waals surface area contributed by atoms with Crippen LogP contribution in [0.4, 0.5) is 0 Å². The molecule has 3 aromatic rings. The number of hydrogen-bond donors (Lipinski definition) is 0. The lowest BCUT2D eigenvalue weighted by Gasteiger charge is -2.16. The zero-order valence-corrected chi connectivity index (χ0v) is 14.0. The lowest BCUT2D eigenvalue weighted by atomic mass is 10.1. The van der Waals surface area contributed by atoms with Gasteiger partial charge >= 0.3 is 0 Å². The molecule has 0 saturated carbocycles. The number of nitrogens with zero attached hydrogens (tertiary/aromatic N) is 2. The number of pyridine rings is 1. The second-order valence-corrected chi connectivity index (χ2v) is 6.82. The Labute approximate surface area is 144 Å². The van der Waals surface area contributed by atoms with Crippen LogP contribution >= 0.6 is 11.3 Å². The summed E-state index contributed by atoms with van der Waals surface area (Å²) >= 11 is 1.54. The van der Waals surface area contributed by atoms with Crippen molar-refractivity contribution in [2.75, 3.05) is 7.05 Å². The molecule has 0 radical (unpaired) electrons. The number of rotatable bonds is 3. The van der Waals surface area contributed by atoms with Gasteiger partial charge in [0.1, 0.15) is 12.4 Å². The number of amides is 1. The average molecular weight is 336 g/mol. The molecule has 3 heterocycles. The lowest BCUT2D eigenvalue weighted by Crippen LogP contribution is -2.25. The van der Waals surface area contributed by atoms with Gasteiger partial charge in [-0.2, -0.15) is 0 Å². The Kier molecular flexibility index (Phi) is 3.78. The van der Waals surface area contributed by atoms with Crippen LogP contribution in [0, 0.1) is 0 Å². The van der Waals surface area contributed by atoms with Gasteiger partial charge in [0.2, 0.25) is 0 Å². The fraction of sp³-hybridized carbons (Fsp3) is 0.158. The number of hydrogen-bond acceptors (Lipinski definition) is 4. The van der Waals surface area contributed by atoms with E-state index in [0.717, 1.165) is 32.2 Å². The van der Waals surface area contributed by atoms with E-state index < -0.39 is 0 Å². The number of fused-ring (bicyclic) bond motifs is 3. The summed E-state index contributed by atoms with van der Waals surface area (Å²) in [6.45, 7) is 1.08. The SMILES string of the molecule is CN(Cc1ccncc1)C(=O)c1cc2c(s1)-c1ccccc1OC2. The van der Waals surface area contributed by atoms with Gasteiger partial charge in [0.15, 0.2) is 0 Å². The predicted octanol–water partition coefficient (Wildman–Crippen LogP) is 3.97. The number of aromatic nitrogens is 1. The Morgan fingerprint density at radius 3 is 2.88 bits per heavy atom. The highest BCUT2D eigenvalue weighted by Gasteiger charge is 2.23. The first kappa shape index (κ1) is 14.9. The Morgan fingerprint density at radius 1 is 1.25 bits per heavy atom. The molecule has 5 heteroatoms. The molecule has 1 aliphatic rings. The molecule has 1 amide bonds. The molecule has 0 aliphatic carbocycles. The van der Waals surface area contributed by atoms with Gasteiger partial charge in [-0.15, -0.1) is 11.3 Å². The molecule has 0 saturated heterocycles. The number of ether oxygens (including phenoxy) is 1. The summed E-state index contributed by atoms with van der Waals surface area (Å²) in [6.07, 6.45) is 3.48. The summed E-state index contributed by atoms with van der Waals surface area (Å²) in [7, 11) is 1.83. The van der Waals surface area contributed by atoms with Crippen LogP contribution < -0.4 is 4.74 Å². The molecule has 0 spiro atoms. The molecule has 2 aromatic heterocycles. The lowest BCUT2D eigenvalue weighted by molar-refractivity contribution is 0.0789. The molecule has 0 bridgehead atoms. The van der Waals surface area contributed by atoms with Crippen LogP contribution in [-0.2, 0) is 13.2 Å². The van der Waals surface area contributed by atoms with E-state index in [2.05, 4.69) is 4.98 Å². The van der Waals surface area contributed by atoms with Crippen LogP contribution in [0.25, 0.3) is 10.4 Å². The summed E-state index contributed by atoms with van der Waals surface area (Å²) in [5, 5.41) is 0. The second-order valence-electron chi connectivity index (χ2n) is 5.77. The molecule has 24 heavy (non-hydrogen) atoms. The number of carbonyl (C=O) groups is 1. The van der Waals surface area contributed by atoms with Gasteiger partial charge < -0.3 is 9.64 Å². The Morgan fingerprint density at radius 2 is 2.04 bits per heavy atom. The number of benzene rings is 1. The van der Waals surface area contributed by atoms with Crippen molar-refractivity contribution in [3.63, 3.8) is 0 Å². The highest BCUT2D eigenvalue weighted by Crippen LogP contribution is 2.42. The maximum absolute atomic E-state index is 12.8. The molecule has 1 aromatic carbocycles. The Balaban J connectivity index is 1.60. The van der Waals surface area contributed by atoms with Gasteiger partial charge in [-0.3, -0.25) is 9.78 Å². The van der Waals surface area contributed by atoms with Gasteiger partial charge in [-0.1, -0.05) is 12.1 Å². The molecule has 0 atom stereocenters. The van der Waals surface area contributed by atoms with Gasteiger partial charge in [0.05, 0.1) is 4.88 Å². The van der Waals surface area contributed by atoms with E-state index in [4.69, 9.17) is 4.74 Å². The Bertz CT molecular complexity index is 889. The second kappa shape index (κ2) is 6.09. The van der Waals surface area contributed by atoms with Crippen molar-refractivity contribution in [2.45, 2.75) is 13.2 Å². The predicted molar refractivity (Wildman–Crippen MR) is 94.1 cm³/mol. The monoisotopic (exact) mass is 336 g/mol. The number of carbonyl (C=O) groups excluding carboxylic acids is 1. The van der Waals surface area contributed by atoms with Gasteiger partial charge in [-0.25, -0.2) is 0 Å². The summed E-state index contributed by atoms with van der Waals surface area (Å²) < 4.78 is 5.77. The smallest absolute Gasteiger partial charge is 0.263 e. The molecule has 1 aliphatic heterocycles. The van der Waals surface area contributed by atoms with Crippen molar-refractivity contribution < 1.29 is 9.53 Å². The van der Waals surface area contributed by atoms with Crippen LogP contribution in [0.15, 0.2) is 54.9 Å². The fourth-order valence-corrected chi connectivity index (χ4v) is 4.02. The molecule has 0 unspecified atom stereocenters. The number of para-hydroxylation sites is 1. The van der Waals surface area contributed by atoms with Gasteiger partial charge in [-0.05, 0) is 35.9 Å². The molecule has 4 nitrogen and oxygen atoms in total. The van der Waals surface area contributed by atoms with Crippen LogP contribution in [0.1, 0.15) is 20.8 Å². The molecule has 120 valence electrons. The van der Waals surface area contributed by atoms with E-state index >= 15 is 0 Å². The van der Waals surface area contributed by atoms with Crippen LogP contribution in [0.5, 0.6) is 5.75 Å². The average Bonchev–Trinajstić information content (AvgIpc) is 3.06. The summed E-state index contributed by atoms with van der Waals surface area (Å²) in [5.74, 6) is 0.916. The third-order valence-corrected chi connectivity index (χ3v) is 5.25. The normalized spacial score (nSPS) is 12.0. The van der Waals surface area contributed by atoms with Crippen LogP contribution in [-0.4, -0.2) is 22.8 Å². The maximum Gasteiger partial charge on any atom is 0.263 e. The van der Waals surface area contributed by atoms with Crippen LogP contribution in [0.3, 0.4) is 0 Å². The third kappa shape index (κ3) is 2.67. The largest absolute Gasteiger partial charge is 0.488 e. The minimum Gasteiger partial charge on any atom is -0.488 e. The molecule has 0 fully saturated rings. The fourth-order valence-electron chi connectivity index (χ4n) is 2.83. The topological polar surface area (TPSA) is 42.4 Å². The minimum absolute atomic E-state index is 0.0312. The maximum atomic E-state index is 12.8. The third-order valence-electron chi connectivity index (χ3n) is 4.05. The van der Waals surface area contributed by atoms with E-state index in [1.54, 1.807) is 28.6 Å².